The lowest BCUT2D eigenvalue weighted by Crippen LogP contribution is -2.13. The van der Waals surface area contributed by atoms with Crippen molar-refractivity contribution in [3.05, 3.63) is 72.7 Å². The molecule has 10 nitrogen and oxygen atoms in total. The summed E-state index contributed by atoms with van der Waals surface area (Å²) < 4.78 is 7.01. The molecule has 1 N–H and O–H groups in total. The van der Waals surface area contributed by atoms with E-state index in [1.165, 1.54) is 4.68 Å². The van der Waals surface area contributed by atoms with E-state index in [4.69, 9.17) is 4.52 Å². The second kappa shape index (κ2) is 7.34. The smallest absolute Gasteiger partial charge is 0.259 e. The Morgan fingerprint density at radius 2 is 2.00 bits per heavy atom. The summed E-state index contributed by atoms with van der Waals surface area (Å²) in [5.41, 5.74) is 3.44. The maximum atomic E-state index is 13.4. The first-order valence-electron chi connectivity index (χ1n) is 10.1. The minimum Gasteiger partial charge on any atom is -0.335 e. The van der Waals surface area contributed by atoms with Crippen LogP contribution in [0.1, 0.15) is 34.8 Å². The maximum Gasteiger partial charge on any atom is 0.259 e. The monoisotopic (exact) mass is 424 g/mol. The minimum absolute atomic E-state index is 0.298. The molecule has 0 radical (unpaired) electrons. The molecule has 1 aliphatic rings. The van der Waals surface area contributed by atoms with Gasteiger partial charge in [-0.05, 0) is 37.1 Å². The Bertz CT molecular complexity index is 1420. The highest BCUT2D eigenvalue weighted by atomic mass is 16.5. The fourth-order valence-electron chi connectivity index (χ4n) is 3.55. The van der Waals surface area contributed by atoms with E-state index < -0.39 is 0 Å². The average molecular weight is 424 g/mol. The van der Waals surface area contributed by atoms with E-state index in [-0.39, 0.29) is 5.91 Å². The van der Waals surface area contributed by atoms with E-state index in [9.17, 15) is 4.79 Å². The van der Waals surface area contributed by atoms with Crippen LogP contribution in [0.3, 0.4) is 0 Å². The lowest BCUT2D eigenvalue weighted by Gasteiger charge is -2.07. The standard InChI is InChI=1S/C22H16N8O2/c31-20(27-15-11-26-30(12-15)22-24-7-2-8-25-22)16-9-17(14-3-1-6-23-10-14)28-21-18(16)19(29-32-21)13-4-5-13/h1-3,6-13H,4-5H2,(H,27,31). The van der Waals surface area contributed by atoms with Crippen LogP contribution in [0.25, 0.3) is 28.3 Å². The fourth-order valence-corrected chi connectivity index (χ4v) is 3.55. The van der Waals surface area contributed by atoms with Crippen molar-refractivity contribution in [2.75, 3.05) is 5.32 Å². The Kier molecular flexibility index (Phi) is 4.20. The molecular weight excluding hydrogens is 408 g/mol. The molecule has 5 aromatic heterocycles. The fraction of sp³-hybridized carbons (Fsp3) is 0.136. The van der Waals surface area contributed by atoms with Crippen LogP contribution in [0.15, 0.2) is 66.0 Å². The second-order valence-corrected chi connectivity index (χ2v) is 7.50. The third kappa shape index (κ3) is 3.27. The van der Waals surface area contributed by atoms with Crippen LogP contribution >= 0.6 is 0 Å². The Hall–Kier alpha value is -4.47. The molecule has 5 heterocycles. The van der Waals surface area contributed by atoms with Crippen molar-refractivity contribution in [3.8, 4) is 17.2 Å². The van der Waals surface area contributed by atoms with Gasteiger partial charge in [0.05, 0.1) is 40.4 Å². The molecule has 32 heavy (non-hydrogen) atoms. The van der Waals surface area contributed by atoms with Crippen LogP contribution in [0.5, 0.6) is 0 Å². The van der Waals surface area contributed by atoms with Gasteiger partial charge in [-0.2, -0.15) is 5.10 Å². The molecule has 0 bridgehead atoms. The minimum atomic E-state index is -0.304. The molecule has 10 heteroatoms. The third-order valence-electron chi connectivity index (χ3n) is 5.24. The van der Waals surface area contributed by atoms with Crippen molar-refractivity contribution >= 4 is 22.7 Å². The molecule has 0 atom stereocenters. The van der Waals surface area contributed by atoms with Gasteiger partial charge in [-0.25, -0.2) is 19.6 Å². The molecule has 0 aliphatic heterocycles. The van der Waals surface area contributed by atoms with Crippen molar-refractivity contribution < 1.29 is 9.32 Å². The van der Waals surface area contributed by atoms with Gasteiger partial charge >= 0.3 is 0 Å². The summed E-state index contributed by atoms with van der Waals surface area (Å²) >= 11 is 0. The molecule has 156 valence electrons. The summed E-state index contributed by atoms with van der Waals surface area (Å²) in [5, 5.41) is 12.0. The molecule has 1 fully saturated rings. The quantitative estimate of drug-likeness (QED) is 0.455. The van der Waals surface area contributed by atoms with Gasteiger partial charge in [0.25, 0.3) is 11.6 Å². The lowest BCUT2D eigenvalue weighted by atomic mass is 10.0. The highest BCUT2D eigenvalue weighted by Crippen LogP contribution is 2.43. The number of fused-ring (bicyclic) bond motifs is 1. The first-order chi connectivity index (χ1) is 15.8. The number of aromatic nitrogens is 7. The SMILES string of the molecule is O=C(Nc1cnn(-c2ncccn2)c1)c1cc(-c2cccnc2)nc2onc(C3CC3)c12. The van der Waals surface area contributed by atoms with E-state index in [1.54, 1.807) is 49.3 Å². The predicted octanol–water partition coefficient (Wildman–Crippen LogP) is 3.39. The molecule has 1 amide bonds. The average Bonchev–Trinajstić information content (AvgIpc) is 3.42. The van der Waals surface area contributed by atoms with E-state index in [1.807, 2.05) is 12.1 Å². The summed E-state index contributed by atoms with van der Waals surface area (Å²) in [7, 11) is 0. The van der Waals surface area contributed by atoms with Gasteiger partial charge in [-0.15, -0.1) is 0 Å². The largest absolute Gasteiger partial charge is 0.335 e. The van der Waals surface area contributed by atoms with Gasteiger partial charge in [-0.3, -0.25) is 9.78 Å². The predicted molar refractivity (Wildman–Crippen MR) is 114 cm³/mol. The molecule has 1 aliphatic carbocycles. The van der Waals surface area contributed by atoms with E-state index >= 15 is 0 Å². The highest BCUT2D eigenvalue weighted by Gasteiger charge is 2.32. The molecular formula is C22H16N8O2. The Balaban J connectivity index is 1.40. The molecule has 0 saturated heterocycles. The number of nitrogens with one attached hydrogen (secondary N) is 1. The summed E-state index contributed by atoms with van der Waals surface area (Å²) in [6.45, 7) is 0. The molecule has 6 rings (SSSR count). The van der Waals surface area contributed by atoms with Gasteiger partial charge < -0.3 is 9.84 Å². The maximum absolute atomic E-state index is 13.4. The lowest BCUT2D eigenvalue weighted by molar-refractivity contribution is 0.102. The van der Waals surface area contributed by atoms with Crippen molar-refractivity contribution in [1.29, 1.82) is 0 Å². The Labute approximate surface area is 181 Å². The second-order valence-electron chi connectivity index (χ2n) is 7.50. The molecule has 0 spiro atoms. The van der Waals surface area contributed by atoms with Crippen LogP contribution in [-0.4, -0.2) is 40.8 Å². The van der Waals surface area contributed by atoms with Crippen LogP contribution in [0, 0.1) is 0 Å². The first-order valence-corrected chi connectivity index (χ1v) is 10.1. The molecule has 0 aromatic carbocycles. The number of amides is 1. The van der Waals surface area contributed by atoms with Gasteiger partial charge in [0.2, 0.25) is 5.95 Å². The van der Waals surface area contributed by atoms with Crippen LogP contribution in [0.4, 0.5) is 5.69 Å². The van der Waals surface area contributed by atoms with E-state index in [0.717, 1.165) is 24.1 Å². The third-order valence-corrected chi connectivity index (χ3v) is 5.24. The first kappa shape index (κ1) is 18.3. The van der Waals surface area contributed by atoms with Crippen molar-refractivity contribution in [2.24, 2.45) is 0 Å². The Morgan fingerprint density at radius 3 is 2.78 bits per heavy atom. The Morgan fingerprint density at radius 1 is 1.12 bits per heavy atom. The topological polar surface area (TPSA) is 125 Å². The van der Waals surface area contributed by atoms with Crippen molar-refractivity contribution in [2.45, 2.75) is 18.8 Å². The van der Waals surface area contributed by atoms with Gasteiger partial charge in [0.1, 0.15) is 0 Å². The van der Waals surface area contributed by atoms with Crippen molar-refractivity contribution in [1.82, 2.24) is 34.9 Å². The number of anilines is 1. The van der Waals surface area contributed by atoms with Gasteiger partial charge in [0, 0.05) is 36.3 Å². The zero-order valence-corrected chi connectivity index (χ0v) is 16.7. The van der Waals surface area contributed by atoms with Crippen molar-refractivity contribution in [3.63, 3.8) is 0 Å². The number of carbonyl (C=O) groups is 1. The summed E-state index contributed by atoms with van der Waals surface area (Å²) in [5.74, 6) is 0.404. The van der Waals surface area contributed by atoms with E-state index in [2.05, 4.69) is 35.5 Å². The zero-order valence-electron chi connectivity index (χ0n) is 16.7. The van der Waals surface area contributed by atoms with Gasteiger partial charge in [-0.1, -0.05) is 5.16 Å². The number of rotatable bonds is 5. The van der Waals surface area contributed by atoms with Crippen LogP contribution in [-0.2, 0) is 0 Å². The highest BCUT2D eigenvalue weighted by molar-refractivity contribution is 6.13. The summed E-state index contributed by atoms with van der Waals surface area (Å²) in [6, 6.07) is 7.17. The number of nitrogens with zero attached hydrogens (tertiary/aromatic N) is 7. The number of hydrogen-bond donors (Lipinski definition) is 1. The van der Waals surface area contributed by atoms with Crippen LogP contribution in [0.2, 0.25) is 0 Å². The number of carbonyl (C=O) groups excluding carboxylic acids is 1. The zero-order chi connectivity index (χ0) is 21.5. The number of pyridine rings is 2. The number of hydrogen-bond acceptors (Lipinski definition) is 8. The van der Waals surface area contributed by atoms with Gasteiger partial charge in [0.15, 0.2) is 0 Å². The summed E-state index contributed by atoms with van der Waals surface area (Å²) in [6.07, 6.45) is 11.9. The summed E-state index contributed by atoms with van der Waals surface area (Å²) in [4.78, 5) is 30.4. The van der Waals surface area contributed by atoms with Crippen LogP contribution < -0.4 is 5.32 Å². The molecule has 1 saturated carbocycles. The normalized spacial score (nSPS) is 13.4. The molecule has 5 aromatic rings. The molecule has 0 unspecified atom stereocenters. The van der Waals surface area contributed by atoms with E-state index in [0.29, 0.717) is 39.9 Å².